The van der Waals surface area contributed by atoms with Crippen LogP contribution in [0.15, 0.2) is 0 Å². The molecule has 0 heterocycles. The van der Waals surface area contributed by atoms with E-state index in [1.54, 1.807) is 6.92 Å². The summed E-state index contributed by atoms with van der Waals surface area (Å²) >= 11 is 0. The lowest BCUT2D eigenvalue weighted by molar-refractivity contribution is -0.132. The highest BCUT2D eigenvalue weighted by molar-refractivity contribution is 5.80. The molecule has 72 valence electrons. The first kappa shape index (κ1) is 11.4. The number of nitrogens with one attached hydrogen (secondary N) is 1. The molecule has 0 saturated heterocycles. The van der Waals surface area contributed by atoms with Crippen molar-refractivity contribution in [2.75, 3.05) is 13.2 Å². The summed E-state index contributed by atoms with van der Waals surface area (Å²) in [7, 11) is 0. The van der Waals surface area contributed by atoms with Crippen LogP contribution in [0, 0.1) is 0 Å². The SMILES string of the molecule is CC(C)NC(=O)C(C)OCCN. The second kappa shape index (κ2) is 5.97. The summed E-state index contributed by atoms with van der Waals surface area (Å²) in [4.78, 5) is 11.2. The Hall–Kier alpha value is -0.610. The molecule has 0 aromatic carbocycles. The van der Waals surface area contributed by atoms with Crippen molar-refractivity contribution < 1.29 is 9.53 Å². The molecule has 0 aliphatic carbocycles. The Morgan fingerprint density at radius 1 is 1.50 bits per heavy atom. The zero-order chi connectivity index (χ0) is 9.56. The average molecular weight is 174 g/mol. The number of ether oxygens (including phenoxy) is 1. The molecule has 1 unspecified atom stereocenters. The van der Waals surface area contributed by atoms with Crippen molar-refractivity contribution in [3.63, 3.8) is 0 Å². The Labute approximate surface area is 73.5 Å². The predicted octanol–water partition coefficient (Wildman–Crippen LogP) is -0.125. The van der Waals surface area contributed by atoms with Crippen LogP contribution >= 0.6 is 0 Å². The van der Waals surface area contributed by atoms with Crippen LogP contribution in [0.3, 0.4) is 0 Å². The molecule has 1 amide bonds. The van der Waals surface area contributed by atoms with E-state index in [1.165, 1.54) is 0 Å². The highest BCUT2D eigenvalue weighted by Gasteiger charge is 2.12. The summed E-state index contributed by atoms with van der Waals surface area (Å²) < 4.78 is 5.12. The van der Waals surface area contributed by atoms with Crippen molar-refractivity contribution >= 4 is 5.91 Å². The van der Waals surface area contributed by atoms with Gasteiger partial charge < -0.3 is 15.8 Å². The maximum Gasteiger partial charge on any atom is 0.249 e. The number of hydrogen-bond donors (Lipinski definition) is 2. The number of amides is 1. The highest BCUT2D eigenvalue weighted by atomic mass is 16.5. The molecular weight excluding hydrogens is 156 g/mol. The van der Waals surface area contributed by atoms with Crippen LogP contribution < -0.4 is 11.1 Å². The molecule has 0 rings (SSSR count). The Morgan fingerprint density at radius 3 is 2.50 bits per heavy atom. The highest BCUT2D eigenvalue weighted by Crippen LogP contribution is 1.90. The van der Waals surface area contributed by atoms with E-state index in [-0.39, 0.29) is 11.9 Å². The van der Waals surface area contributed by atoms with Crippen LogP contribution in [0.25, 0.3) is 0 Å². The van der Waals surface area contributed by atoms with Gasteiger partial charge in [-0.3, -0.25) is 4.79 Å². The van der Waals surface area contributed by atoms with Gasteiger partial charge in [-0.1, -0.05) is 0 Å². The molecule has 0 aromatic heterocycles. The molecule has 0 radical (unpaired) electrons. The fourth-order valence-corrected chi connectivity index (χ4v) is 0.722. The normalized spacial score (nSPS) is 13.1. The van der Waals surface area contributed by atoms with Crippen LogP contribution in [0.5, 0.6) is 0 Å². The van der Waals surface area contributed by atoms with Crippen LogP contribution in [0.1, 0.15) is 20.8 Å². The van der Waals surface area contributed by atoms with E-state index < -0.39 is 6.10 Å². The first-order valence-corrected chi connectivity index (χ1v) is 4.20. The Kier molecular flexibility index (Phi) is 5.66. The lowest BCUT2D eigenvalue weighted by Crippen LogP contribution is -2.39. The summed E-state index contributed by atoms with van der Waals surface area (Å²) in [6.45, 7) is 6.40. The number of rotatable bonds is 5. The fourth-order valence-electron chi connectivity index (χ4n) is 0.722. The fraction of sp³-hybridized carbons (Fsp3) is 0.875. The van der Waals surface area contributed by atoms with Crippen molar-refractivity contribution in [3.05, 3.63) is 0 Å². The van der Waals surface area contributed by atoms with E-state index in [0.29, 0.717) is 13.2 Å². The van der Waals surface area contributed by atoms with Gasteiger partial charge >= 0.3 is 0 Å². The molecule has 1 atom stereocenters. The molecule has 4 nitrogen and oxygen atoms in total. The van der Waals surface area contributed by atoms with Gasteiger partial charge in [-0.05, 0) is 20.8 Å². The van der Waals surface area contributed by atoms with E-state index in [9.17, 15) is 4.79 Å². The van der Waals surface area contributed by atoms with E-state index in [2.05, 4.69) is 5.32 Å². The van der Waals surface area contributed by atoms with Gasteiger partial charge in [-0.2, -0.15) is 0 Å². The number of hydrogen-bond acceptors (Lipinski definition) is 3. The van der Waals surface area contributed by atoms with Crippen LogP contribution in [-0.2, 0) is 9.53 Å². The summed E-state index contributed by atoms with van der Waals surface area (Å²) in [5.41, 5.74) is 5.22. The Morgan fingerprint density at radius 2 is 2.08 bits per heavy atom. The van der Waals surface area contributed by atoms with Gasteiger partial charge in [0.05, 0.1) is 6.61 Å². The Bertz CT molecular complexity index is 137. The lowest BCUT2D eigenvalue weighted by atomic mass is 10.3. The van der Waals surface area contributed by atoms with Gasteiger partial charge in [0, 0.05) is 12.6 Å². The lowest BCUT2D eigenvalue weighted by Gasteiger charge is -2.14. The first-order chi connectivity index (χ1) is 5.57. The molecular formula is C8H18N2O2. The molecule has 0 fully saturated rings. The Balaban J connectivity index is 3.61. The first-order valence-electron chi connectivity index (χ1n) is 4.20. The van der Waals surface area contributed by atoms with Gasteiger partial charge in [-0.15, -0.1) is 0 Å². The number of carbonyl (C=O) groups is 1. The third kappa shape index (κ3) is 5.09. The number of carbonyl (C=O) groups excluding carboxylic acids is 1. The van der Waals surface area contributed by atoms with Gasteiger partial charge in [0.1, 0.15) is 6.10 Å². The van der Waals surface area contributed by atoms with Crippen molar-refractivity contribution in [2.45, 2.75) is 32.9 Å². The van der Waals surface area contributed by atoms with E-state index in [4.69, 9.17) is 10.5 Å². The zero-order valence-corrected chi connectivity index (χ0v) is 7.96. The topological polar surface area (TPSA) is 64.3 Å². The molecule has 0 aliphatic heterocycles. The number of nitrogens with two attached hydrogens (primary N) is 1. The average Bonchev–Trinajstić information content (AvgIpc) is 1.98. The molecule has 0 bridgehead atoms. The van der Waals surface area contributed by atoms with Gasteiger partial charge in [-0.25, -0.2) is 0 Å². The minimum atomic E-state index is -0.407. The molecule has 0 saturated carbocycles. The van der Waals surface area contributed by atoms with Crippen molar-refractivity contribution in [1.82, 2.24) is 5.32 Å². The van der Waals surface area contributed by atoms with Crippen LogP contribution in [0.2, 0.25) is 0 Å². The molecule has 0 aromatic rings. The second-order valence-corrected chi connectivity index (χ2v) is 2.96. The van der Waals surface area contributed by atoms with Crippen molar-refractivity contribution in [2.24, 2.45) is 5.73 Å². The van der Waals surface area contributed by atoms with E-state index in [0.717, 1.165) is 0 Å². The van der Waals surface area contributed by atoms with Crippen LogP contribution in [-0.4, -0.2) is 31.2 Å². The van der Waals surface area contributed by atoms with Gasteiger partial charge in [0.25, 0.3) is 0 Å². The summed E-state index contributed by atoms with van der Waals surface area (Å²) in [5, 5.41) is 2.75. The summed E-state index contributed by atoms with van der Waals surface area (Å²) in [6.07, 6.45) is -0.407. The van der Waals surface area contributed by atoms with Gasteiger partial charge in [0.15, 0.2) is 0 Å². The van der Waals surface area contributed by atoms with Gasteiger partial charge in [0.2, 0.25) is 5.91 Å². The van der Waals surface area contributed by atoms with Crippen molar-refractivity contribution in [1.29, 1.82) is 0 Å². The monoisotopic (exact) mass is 174 g/mol. The van der Waals surface area contributed by atoms with E-state index >= 15 is 0 Å². The molecule has 12 heavy (non-hydrogen) atoms. The summed E-state index contributed by atoms with van der Waals surface area (Å²) in [5.74, 6) is -0.0848. The third-order valence-corrected chi connectivity index (χ3v) is 1.29. The third-order valence-electron chi connectivity index (χ3n) is 1.29. The largest absolute Gasteiger partial charge is 0.367 e. The summed E-state index contributed by atoms with van der Waals surface area (Å²) in [6, 6.07) is 0.154. The second-order valence-electron chi connectivity index (χ2n) is 2.96. The van der Waals surface area contributed by atoms with Crippen LogP contribution in [0.4, 0.5) is 0 Å². The zero-order valence-electron chi connectivity index (χ0n) is 7.96. The van der Waals surface area contributed by atoms with Crippen molar-refractivity contribution in [3.8, 4) is 0 Å². The minimum absolute atomic E-state index is 0.0848. The smallest absolute Gasteiger partial charge is 0.249 e. The minimum Gasteiger partial charge on any atom is -0.367 e. The maximum atomic E-state index is 11.2. The molecule has 0 aliphatic rings. The molecule has 0 spiro atoms. The molecule has 3 N–H and O–H groups in total. The maximum absolute atomic E-state index is 11.2. The van der Waals surface area contributed by atoms with E-state index in [1.807, 2.05) is 13.8 Å². The predicted molar refractivity (Wildman–Crippen MR) is 47.7 cm³/mol. The quantitative estimate of drug-likeness (QED) is 0.610. The standard InChI is InChI=1S/C8H18N2O2/c1-6(2)10-8(11)7(3)12-5-4-9/h6-7H,4-5,9H2,1-3H3,(H,10,11). The molecule has 4 heteroatoms.